The number of benzene rings is 3. The summed E-state index contributed by atoms with van der Waals surface area (Å²) in [5, 5.41) is 5.22. The van der Waals surface area contributed by atoms with Crippen LogP contribution >= 0.6 is 11.8 Å². The Labute approximate surface area is 249 Å². The minimum Gasteiger partial charge on any atom is -0.493 e. The minimum atomic E-state index is -0.321. The van der Waals surface area contributed by atoms with Crippen molar-refractivity contribution in [2.24, 2.45) is 17.8 Å². The molecule has 0 unspecified atom stereocenters. The highest BCUT2D eigenvalue weighted by Gasteiger charge is 2.51. The van der Waals surface area contributed by atoms with Crippen molar-refractivity contribution >= 4 is 45.7 Å². The van der Waals surface area contributed by atoms with E-state index in [1.54, 1.807) is 31.4 Å². The third kappa shape index (κ3) is 5.28. The maximum Gasteiger partial charge on any atom is 0.293 e. The van der Waals surface area contributed by atoms with E-state index in [2.05, 4.69) is 5.32 Å². The Morgan fingerprint density at radius 2 is 1.67 bits per heavy atom. The van der Waals surface area contributed by atoms with Crippen LogP contribution in [0.25, 0.3) is 16.8 Å². The summed E-state index contributed by atoms with van der Waals surface area (Å²) in [6, 6.07) is 19.3. The molecule has 3 aromatic rings. The van der Waals surface area contributed by atoms with Crippen LogP contribution < -0.4 is 14.8 Å². The molecule has 3 amide bonds. The molecule has 5 aliphatic rings. The van der Waals surface area contributed by atoms with Crippen molar-refractivity contribution in [2.45, 2.75) is 50.6 Å². The number of fused-ring (bicyclic) bond motifs is 1. The van der Waals surface area contributed by atoms with Gasteiger partial charge >= 0.3 is 0 Å². The zero-order valence-corrected chi connectivity index (χ0v) is 24.5. The van der Waals surface area contributed by atoms with E-state index in [0.717, 1.165) is 65.1 Å². The van der Waals surface area contributed by atoms with E-state index < -0.39 is 0 Å². The van der Waals surface area contributed by atoms with E-state index in [4.69, 9.17) is 9.47 Å². The van der Waals surface area contributed by atoms with Gasteiger partial charge in [-0.05, 0) is 114 Å². The van der Waals surface area contributed by atoms with Gasteiger partial charge in [0.15, 0.2) is 18.1 Å². The van der Waals surface area contributed by atoms with Crippen LogP contribution in [-0.2, 0) is 16.1 Å². The topological polar surface area (TPSA) is 84.9 Å². The molecule has 216 valence electrons. The molecule has 4 aliphatic carbocycles. The Hall–Kier alpha value is -3.78. The molecule has 1 saturated heterocycles. The summed E-state index contributed by atoms with van der Waals surface area (Å²) in [6.07, 6.45) is 8.95. The van der Waals surface area contributed by atoms with Crippen LogP contribution in [0.5, 0.6) is 11.5 Å². The average Bonchev–Trinajstić information content (AvgIpc) is 3.22. The first-order valence-electron chi connectivity index (χ1n) is 14.7. The first kappa shape index (κ1) is 27.1. The Morgan fingerprint density at radius 1 is 0.952 bits per heavy atom. The van der Waals surface area contributed by atoms with Crippen LogP contribution in [0.1, 0.15) is 49.7 Å². The number of nitrogens with one attached hydrogen (secondary N) is 1. The summed E-state index contributed by atoms with van der Waals surface area (Å²) in [5.74, 6) is 2.77. The van der Waals surface area contributed by atoms with Crippen LogP contribution in [-0.4, -0.2) is 41.2 Å². The molecule has 8 rings (SSSR count). The molecular formula is C34H34N2O5S. The largest absolute Gasteiger partial charge is 0.493 e. The predicted molar refractivity (Wildman–Crippen MR) is 163 cm³/mol. The lowest BCUT2D eigenvalue weighted by molar-refractivity contribution is -0.129. The fourth-order valence-corrected chi connectivity index (χ4v) is 8.78. The van der Waals surface area contributed by atoms with Crippen LogP contribution in [0.2, 0.25) is 0 Å². The highest BCUT2D eigenvalue weighted by Crippen LogP contribution is 2.55. The minimum absolute atomic E-state index is 0.0551. The molecule has 8 heteroatoms. The second kappa shape index (κ2) is 10.8. The Kier molecular flexibility index (Phi) is 6.97. The summed E-state index contributed by atoms with van der Waals surface area (Å²) in [6.45, 7) is 0.138. The van der Waals surface area contributed by atoms with Gasteiger partial charge in [-0.3, -0.25) is 19.3 Å². The number of ether oxygens (including phenoxy) is 2. The maximum absolute atomic E-state index is 13.2. The van der Waals surface area contributed by atoms with E-state index in [9.17, 15) is 14.4 Å². The lowest BCUT2D eigenvalue weighted by atomic mass is 9.53. The van der Waals surface area contributed by atoms with Crippen molar-refractivity contribution < 1.29 is 23.9 Å². The molecule has 5 fully saturated rings. The van der Waals surface area contributed by atoms with Crippen molar-refractivity contribution in [3.8, 4) is 11.5 Å². The summed E-state index contributed by atoms with van der Waals surface area (Å²) < 4.78 is 11.4. The second-order valence-corrected chi connectivity index (χ2v) is 13.4. The fraction of sp³-hybridized carbons (Fsp3) is 0.382. The van der Waals surface area contributed by atoms with Gasteiger partial charge in [0.1, 0.15) is 0 Å². The Morgan fingerprint density at radius 3 is 2.38 bits per heavy atom. The second-order valence-electron chi connectivity index (χ2n) is 12.4. The normalized spacial score (nSPS) is 27.2. The molecule has 4 saturated carbocycles. The number of methoxy groups -OCH3 is 1. The number of hydrogen-bond acceptors (Lipinski definition) is 6. The number of imide groups is 1. The quantitative estimate of drug-likeness (QED) is 0.303. The van der Waals surface area contributed by atoms with Gasteiger partial charge in [-0.15, -0.1) is 0 Å². The van der Waals surface area contributed by atoms with E-state index in [1.165, 1.54) is 24.2 Å². The van der Waals surface area contributed by atoms with Crippen molar-refractivity contribution in [3.63, 3.8) is 0 Å². The summed E-state index contributed by atoms with van der Waals surface area (Å²) in [7, 11) is 1.54. The smallest absolute Gasteiger partial charge is 0.293 e. The Bertz CT molecular complexity index is 1580. The number of nitrogens with zero attached hydrogens (tertiary/aromatic N) is 1. The highest BCUT2D eigenvalue weighted by molar-refractivity contribution is 8.18. The van der Waals surface area contributed by atoms with Crippen LogP contribution in [0.15, 0.2) is 65.6 Å². The van der Waals surface area contributed by atoms with Crippen molar-refractivity contribution in [1.29, 1.82) is 0 Å². The molecule has 7 nitrogen and oxygen atoms in total. The molecule has 42 heavy (non-hydrogen) atoms. The molecule has 0 spiro atoms. The molecule has 0 aromatic heterocycles. The molecule has 0 radical (unpaired) electrons. The average molecular weight is 583 g/mol. The third-order valence-corrected chi connectivity index (χ3v) is 10.2. The molecule has 1 aliphatic heterocycles. The zero-order valence-electron chi connectivity index (χ0n) is 23.6. The molecule has 1 N–H and O–H groups in total. The lowest BCUT2D eigenvalue weighted by Crippen LogP contribution is -2.60. The van der Waals surface area contributed by atoms with Gasteiger partial charge in [0.05, 0.1) is 18.6 Å². The van der Waals surface area contributed by atoms with E-state index in [0.29, 0.717) is 22.0 Å². The van der Waals surface area contributed by atoms with Gasteiger partial charge < -0.3 is 14.8 Å². The van der Waals surface area contributed by atoms with Gasteiger partial charge in [0.2, 0.25) is 0 Å². The molecular weight excluding hydrogens is 548 g/mol. The number of amides is 3. The van der Waals surface area contributed by atoms with Crippen molar-refractivity contribution in [2.75, 3.05) is 13.7 Å². The number of carbonyl (C=O) groups excluding carboxylic acids is 3. The number of rotatable bonds is 8. The third-order valence-electron chi connectivity index (χ3n) is 9.32. The first-order valence-corrected chi connectivity index (χ1v) is 15.5. The molecule has 3 aromatic carbocycles. The fourth-order valence-electron chi connectivity index (χ4n) is 7.94. The number of carbonyl (C=O) groups is 3. The summed E-state index contributed by atoms with van der Waals surface area (Å²) >= 11 is 0.931. The molecule has 0 atom stereocenters. The predicted octanol–water partition coefficient (Wildman–Crippen LogP) is 6.55. The zero-order chi connectivity index (χ0) is 28.8. The summed E-state index contributed by atoms with van der Waals surface area (Å²) in [4.78, 5) is 40.5. The number of hydrogen-bond donors (Lipinski definition) is 1. The van der Waals surface area contributed by atoms with Crippen LogP contribution in [0.4, 0.5) is 4.79 Å². The number of thioether (sulfide) groups is 1. The van der Waals surface area contributed by atoms with Gasteiger partial charge in [0, 0.05) is 5.54 Å². The van der Waals surface area contributed by atoms with E-state index >= 15 is 0 Å². The monoisotopic (exact) mass is 582 g/mol. The van der Waals surface area contributed by atoms with Gasteiger partial charge in [-0.25, -0.2) is 0 Å². The van der Waals surface area contributed by atoms with Gasteiger partial charge in [-0.1, -0.05) is 42.5 Å². The Balaban J connectivity index is 0.997. The standard InChI is InChI=1S/C34H34N2O5S/c1-40-29-14-21(7-9-28(29)41-20-31(37)35-34-16-23-10-24(17-34)12-25(11-23)18-34)15-30-32(38)36(33(39)42-30)19-22-6-8-26-4-2-3-5-27(26)13-22/h2-9,13-15,23-25H,10-12,16-20H2,1H3,(H,35,37)/b30-15-. The van der Waals surface area contributed by atoms with Crippen molar-refractivity contribution in [3.05, 3.63) is 76.7 Å². The first-order chi connectivity index (χ1) is 20.4. The molecule has 1 heterocycles. The highest BCUT2D eigenvalue weighted by atomic mass is 32.2. The maximum atomic E-state index is 13.2. The van der Waals surface area contributed by atoms with E-state index in [-0.39, 0.29) is 35.7 Å². The lowest BCUT2D eigenvalue weighted by Gasteiger charge is -2.56. The summed E-state index contributed by atoms with van der Waals surface area (Å²) in [5.41, 5.74) is 1.54. The van der Waals surface area contributed by atoms with Crippen LogP contribution in [0.3, 0.4) is 0 Å². The van der Waals surface area contributed by atoms with Gasteiger partial charge in [0.25, 0.3) is 17.1 Å². The van der Waals surface area contributed by atoms with E-state index in [1.807, 2.05) is 42.5 Å². The SMILES string of the molecule is COc1cc(/C=C2\SC(=O)N(Cc3ccc4ccccc4c3)C2=O)ccc1OCC(=O)NC12CC3CC(CC(C3)C1)C2. The molecule has 4 bridgehead atoms. The van der Waals surface area contributed by atoms with Crippen LogP contribution in [0, 0.1) is 17.8 Å². The van der Waals surface area contributed by atoms with Crippen molar-refractivity contribution in [1.82, 2.24) is 10.2 Å². The van der Waals surface area contributed by atoms with Gasteiger partial charge in [-0.2, -0.15) is 0 Å².